The van der Waals surface area contributed by atoms with Gasteiger partial charge in [0.2, 0.25) is 0 Å². The van der Waals surface area contributed by atoms with E-state index in [1.807, 2.05) is 6.92 Å². The van der Waals surface area contributed by atoms with Gasteiger partial charge in [-0.3, -0.25) is 0 Å². The molecule has 0 aliphatic rings. The van der Waals surface area contributed by atoms with Gasteiger partial charge in [0.1, 0.15) is 0 Å². The Balaban J connectivity index is 0. The van der Waals surface area contributed by atoms with E-state index in [-0.39, 0.29) is 0 Å². The average Bonchev–Trinajstić information content (AvgIpc) is 1.69. The highest BCUT2D eigenvalue weighted by Gasteiger charge is 1.57. The van der Waals surface area contributed by atoms with E-state index < -0.39 is 0 Å². The standard InChI is InChI=1S/C3H8O.H2O3/c1-2-3-4;1-3-2/h4H,2-3H2,1H3;1-2H. The number of hydrogen-bond acceptors (Lipinski definition) is 4. The van der Waals surface area contributed by atoms with Crippen molar-refractivity contribution >= 4 is 0 Å². The fourth-order valence-corrected chi connectivity index (χ4v) is 0. The normalized spacial score (nSPS) is 6.86. The Labute approximate surface area is 41.8 Å². The van der Waals surface area contributed by atoms with Crippen LogP contribution < -0.4 is 0 Å². The van der Waals surface area contributed by atoms with Gasteiger partial charge >= 0.3 is 0 Å². The molecule has 0 rings (SSSR count). The SMILES string of the molecule is CCCO.OOO. The van der Waals surface area contributed by atoms with Crippen LogP contribution in [0.1, 0.15) is 13.3 Å². The van der Waals surface area contributed by atoms with Crippen LogP contribution >= 0.6 is 0 Å². The van der Waals surface area contributed by atoms with Crippen LogP contribution in [0.5, 0.6) is 0 Å². The molecule has 0 spiro atoms. The van der Waals surface area contributed by atoms with Gasteiger partial charge in [0.05, 0.1) is 0 Å². The second kappa shape index (κ2) is 17.0. The molecular formula is C3H10O4. The predicted molar refractivity (Wildman–Crippen MR) is 23.7 cm³/mol. The summed E-state index contributed by atoms with van der Waals surface area (Å²) in [6.45, 7) is 2.25. The second-order valence-electron chi connectivity index (χ2n) is 0.805. The topological polar surface area (TPSA) is 69.9 Å². The molecule has 0 bridgehead atoms. The van der Waals surface area contributed by atoms with Crippen LogP contribution in [0.25, 0.3) is 0 Å². The van der Waals surface area contributed by atoms with Gasteiger partial charge in [-0.2, -0.15) is 0 Å². The van der Waals surface area contributed by atoms with E-state index in [4.69, 9.17) is 15.6 Å². The zero-order chi connectivity index (χ0) is 6.12. The maximum absolute atomic E-state index is 7.88. The van der Waals surface area contributed by atoms with Gasteiger partial charge < -0.3 is 5.11 Å². The minimum Gasteiger partial charge on any atom is -0.396 e. The fraction of sp³-hybridized carbons (Fsp3) is 1.00. The van der Waals surface area contributed by atoms with Gasteiger partial charge in [-0.1, -0.05) is 12.0 Å². The lowest BCUT2D eigenvalue weighted by molar-refractivity contribution is -0.465. The van der Waals surface area contributed by atoms with Gasteiger partial charge in [0.25, 0.3) is 0 Å². The van der Waals surface area contributed by atoms with Crippen molar-refractivity contribution < 1.29 is 20.7 Å². The largest absolute Gasteiger partial charge is 0.396 e. The van der Waals surface area contributed by atoms with Crippen LogP contribution in [0.15, 0.2) is 0 Å². The molecule has 7 heavy (non-hydrogen) atoms. The monoisotopic (exact) mass is 110 g/mol. The van der Waals surface area contributed by atoms with Gasteiger partial charge in [0, 0.05) is 6.61 Å². The smallest absolute Gasteiger partial charge is 0.0428 e. The molecule has 0 saturated carbocycles. The van der Waals surface area contributed by atoms with E-state index in [2.05, 4.69) is 5.04 Å². The highest BCUT2D eigenvalue weighted by Crippen LogP contribution is 1.61. The lowest BCUT2D eigenvalue weighted by Crippen LogP contribution is -1.69. The van der Waals surface area contributed by atoms with Crippen molar-refractivity contribution in [2.24, 2.45) is 0 Å². The quantitative estimate of drug-likeness (QED) is 0.336. The van der Waals surface area contributed by atoms with Gasteiger partial charge in [-0.05, 0) is 6.42 Å². The Morgan fingerprint density at radius 1 is 1.43 bits per heavy atom. The number of aliphatic hydroxyl groups is 1. The summed E-state index contributed by atoms with van der Waals surface area (Å²) >= 11 is 0. The highest BCUT2D eigenvalue weighted by atomic mass is 17.4. The van der Waals surface area contributed by atoms with E-state index in [0.29, 0.717) is 6.61 Å². The lowest BCUT2D eigenvalue weighted by Gasteiger charge is -1.69. The molecule has 0 heterocycles. The van der Waals surface area contributed by atoms with E-state index in [9.17, 15) is 0 Å². The summed E-state index contributed by atoms with van der Waals surface area (Å²) < 4.78 is 0. The minimum absolute atomic E-state index is 0.319. The van der Waals surface area contributed by atoms with Crippen LogP contribution in [-0.2, 0) is 5.04 Å². The first-order chi connectivity index (χ1) is 3.33. The van der Waals surface area contributed by atoms with Crippen molar-refractivity contribution in [2.75, 3.05) is 6.61 Å². The van der Waals surface area contributed by atoms with Crippen LogP contribution in [0.2, 0.25) is 0 Å². The van der Waals surface area contributed by atoms with E-state index in [1.54, 1.807) is 0 Å². The molecule has 0 aliphatic heterocycles. The Morgan fingerprint density at radius 3 is 1.57 bits per heavy atom. The highest BCUT2D eigenvalue weighted by molar-refractivity contribution is 4.10. The Morgan fingerprint density at radius 2 is 1.57 bits per heavy atom. The van der Waals surface area contributed by atoms with Crippen LogP contribution in [-0.4, -0.2) is 22.2 Å². The molecular weight excluding hydrogens is 100 g/mol. The summed E-state index contributed by atoms with van der Waals surface area (Å²) in [7, 11) is 0. The first-order valence-electron chi connectivity index (χ1n) is 1.89. The molecule has 0 radical (unpaired) electrons. The fourth-order valence-electron chi connectivity index (χ4n) is 0. The molecule has 4 nitrogen and oxygen atoms in total. The first kappa shape index (κ1) is 9.96. The van der Waals surface area contributed by atoms with Crippen LogP contribution in [0, 0.1) is 0 Å². The van der Waals surface area contributed by atoms with Crippen LogP contribution in [0.4, 0.5) is 0 Å². The Hall–Kier alpha value is -0.160. The molecule has 0 fully saturated rings. The zero-order valence-electron chi connectivity index (χ0n) is 4.16. The zero-order valence-corrected chi connectivity index (χ0v) is 4.16. The summed E-state index contributed by atoms with van der Waals surface area (Å²) in [5.41, 5.74) is 0. The first-order valence-corrected chi connectivity index (χ1v) is 1.89. The molecule has 0 saturated heterocycles. The van der Waals surface area contributed by atoms with Crippen molar-refractivity contribution in [2.45, 2.75) is 13.3 Å². The van der Waals surface area contributed by atoms with E-state index in [0.717, 1.165) is 6.42 Å². The summed E-state index contributed by atoms with van der Waals surface area (Å²) in [6, 6.07) is 0. The number of rotatable bonds is 1. The molecule has 0 amide bonds. The summed E-state index contributed by atoms with van der Waals surface area (Å²) in [6.07, 6.45) is 0.875. The molecule has 0 aromatic heterocycles. The molecule has 0 unspecified atom stereocenters. The van der Waals surface area contributed by atoms with Gasteiger partial charge in [-0.15, -0.1) is 0 Å². The maximum atomic E-state index is 7.88. The third kappa shape index (κ3) is 122. The summed E-state index contributed by atoms with van der Waals surface area (Å²) in [5, 5.41) is 23.4. The number of aliphatic hydroxyl groups excluding tert-OH is 1. The molecule has 0 aliphatic carbocycles. The van der Waals surface area contributed by atoms with E-state index in [1.165, 1.54) is 0 Å². The molecule has 46 valence electrons. The molecule has 4 heteroatoms. The third-order valence-corrected chi connectivity index (χ3v) is 0.224. The molecule has 0 aromatic rings. The molecule has 0 atom stereocenters. The molecule has 3 N–H and O–H groups in total. The van der Waals surface area contributed by atoms with E-state index >= 15 is 0 Å². The summed E-state index contributed by atoms with van der Waals surface area (Å²) in [5.74, 6) is 0. The Bertz CT molecular complexity index is 14.4. The van der Waals surface area contributed by atoms with Crippen molar-refractivity contribution in [1.82, 2.24) is 0 Å². The second-order valence-corrected chi connectivity index (χ2v) is 0.805. The van der Waals surface area contributed by atoms with Crippen molar-refractivity contribution in [1.29, 1.82) is 0 Å². The minimum atomic E-state index is 0.319. The summed E-state index contributed by atoms with van der Waals surface area (Å²) in [4.78, 5) is 0. The van der Waals surface area contributed by atoms with Gasteiger partial charge in [-0.25, -0.2) is 10.5 Å². The average molecular weight is 110 g/mol. The third-order valence-electron chi connectivity index (χ3n) is 0.224. The van der Waals surface area contributed by atoms with Crippen molar-refractivity contribution in [3.05, 3.63) is 0 Å². The van der Waals surface area contributed by atoms with Gasteiger partial charge in [0.15, 0.2) is 0 Å². The lowest BCUT2D eigenvalue weighted by atomic mass is 10.5. The Kier molecular flexibility index (Phi) is 24.1. The predicted octanol–water partition coefficient (Wildman–Crippen LogP) is 0.338. The maximum Gasteiger partial charge on any atom is 0.0428 e. The van der Waals surface area contributed by atoms with Crippen molar-refractivity contribution in [3.63, 3.8) is 0 Å². The van der Waals surface area contributed by atoms with Crippen LogP contribution in [0.3, 0.4) is 0 Å². The molecule has 0 aromatic carbocycles. The number of hydrogen-bond donors (Lipinski definition) is 3. The van der Waals surface area contributed by atoms with Crippen molar-refractivity contribution in [3.8, 4) is 0 Å².